The number of rotatable bonds is 4. The largest absolute Gasteiger partial charge is 0.262 e. The molecule has 8 heteroatoms. The second-order valence-electron chi connectivity index (χ2n) is 3.55. The number of pyridine rings is 1. The second kappa shape index (κ2) is 5.43. The third-order valence-corrected chi connectivity index (χ3v) is 4.84. The van der Waals surface area contributed by atoms with E-state index >= 15 is 0 Å². The van der Waals surface area contributed by atoms with Crippen LogP contribution in [0.2, 0.25) is 0 Å². The van der Waals surface area contributed by atoms with Crippen LogP contribution in [0.4, 0.5) is 0 Å². The van der Waals surface area contributed by atoms with Crippen molar-refractivity contribution in [2.45, 2.75) is 18.4 Å². The van der Waals surface area contributed by atoms with Gasteiger partial charge in [-0.05, 0) is 28.9 Å². The minimum atomic E-state index is -3.55. The van der Waals surface area contributed by atoms with Gasteiger partial charge in [-0.2, -0.15) is 0 Å². The molecule has 2 aromatic heterocycles. The molecule has 0 atom stereocenters. The highest BCUT2D eigenvalue weighted by Gasteiger charge is 2.15. The van der Waals surface area contributed by atoms with E-state index in [0.717, 1.165) is 10.7 Å². The van der Waals surface area contributed by atoms with Crippen molar-refractivity contribution in [2.24, 2.45) is 0 Å². The molecule has 0 unspecified atom stereocenters. The third kappa shape index (κ3) is 3.35. The van der Waals surface area contributed by atoms with E-state index in [1.54, 1.807) is 0 Å². The summed E-state index contributed by atoms with van der Waals surface area (Å²) >= 11 is 4.61. The Kier molecular flexibility index (Phi) is 4.10. The molecule has 2 aromatic rings. The number of hydrogen-bond donors (Lipinski definition) is 1. The zero-order valence-corrected chi connectivity index (χ0v) is 12.6. The predicted octanol–water partition coefficient (Wildman–Crippen LogP) is 2.09. The summed E-state index contributed by atoms with van der Waals surface area (Å²) in [5.74, 6) is 0. The Balaban J connectivity index is 2.13. The minimum absolute atomic E-state index is 0.130. The number of hydrogen-bond acceptors (Lipinski definition) is 5. The zero-order chi connectivity index (χ0) is 13.2. The van der Waals surface area contributed by atoms with Crippen molar-refractivity contribution in [1.82, 2.24) is 14.7 Å². The molecule has 0 bridgehead atoms. The number of aromatic nitrogens is 2. The van der Waals surface area contributed by atoms with E-state index < -0.39 is 10.0 Å². The van der Waals surface area contributed by atoms with E-state index in [2.05, 4.69) is 30.6 Å². The van der Waals surface area contributed by atoms with Gasteiger partial charge in [-0.3, -0.25) is 4.98 Å². The molecule has 0 saturated heterocycles. The van der Waals surface area contributed by atoms with Gasteiger partial charge in [-0.1, -0.05) is 0 Å². The number of nitrogens with zero attached hydrogens (tertiary/aromatic N) is 2. The van der Waals surface area contributed by atoms with Gasteiger partial charge in [-0.25, -0.2) is 18.1 Å². The highest BCUT2D eigenvalue weighted by Crippen LogP contribution is 2.15. The van der Waals surface area contributed by atoms with Gasteiger partial charge in [0.25, 0.3) is 0 Å². The minimum Gasteiger partial charge on any atom is -0.262 e. The Morgan fingerprint density at radius 2 is 2.22 bits per heavy atom. The first-order chi connectivity index (χ1) is 8.47. The molecule has 0 aliphatic rings. The SMILES string of the molecule is Cc1csc(CNS(=O)(=O)c2cncc(Br)c2)n1. The normalized spacial score (nSPS) is 11.7. The molecule has 0 aromatic carbocycles. The fourth-order valence-electron chi connectivity index (χ4n) is 1.26. The summed E-state index contributed by atoms with van der Waals surface area (Å²) in [4.78, 5) is 8.15. The summed E-state index contributed by atoms with van der Waals surface area (Å²) in [6.45, 7) is 2.06. The van der Waals surface area contributed by atoms with E-state index in [9.17, 15) is 8.42 Å². The lowest BCUT2D eigenvalue weighted by Crippen LogP contribution is -2.23. The van der Waals surface area contributed by atoms with Crippen molar-refractivity contribution in [2.75, 3.05) is 0 Å². The number of halogens is 1. The lowest BCUT2D eigenvalue weighted by Gasteiger charge is -2.04. The smallest absolute Gasteiger partial charge is 0.242 e. The summed E-state index contributed by atoms with van der Waals surface area (Å²) < 4.78 is 27.1. The third-order valence-electron chi connectivity index (χ3n) is 2.07. The van der Waals surface area contributed by atoms with E-state index in [1.165, 1.54) is 29.8 Å². The van der Waals surface area contributed by atoms with Crippen LogP contribution in [-0.4, -0.2) is 18.4 Å². The van der Waals surface area contributed by atoms with Crippen molar-refractivity contribution in [3.63, 3.8) is 0 Å². The summed E-state index contributed by atoms with van der Waals surface area (Å²) in [5, 5.41) is 2.61. The Labute approximate surface area is 117 Å². The van der Waals surface area contributed by atoms with Crippen LogP contribution in [0, 0.1) is 6.92 Å². The standard InChI is InChI=1S/C10H10BrN3O2S2/c1-7-6-17-10(14-7)5-13-18(15,16)9-2-8(11)3-12-4-9/h2-4,6,13H,5H2,1H3. The predicted molar refractivity (Wildman–Crippen MR) is 72.8 cm³/mol. The summed E-state index contributed by atoms with van der Waals surface area (Å²) in [6.07, 6.45) is 2.84. The fraction of sp³-hybridized carbons (Fsp3) is 0.200. The van der Waals surface area contributed by atoms with Gasteiger partial charge in [0, 0.05) is 27.9 Å². The van der Waals surface area contributed by atoms with Crippen LogP contribution in [0.5, 0.6) is 0 Å². The van der Waals surface area contributed by atoms with E-state index in [1.807, 2.05) is 12.3 Å². The van der Waals surface area contributed by atoms with Crippen molar-refractivity contribution >= 4 is 37.3 Å². The molecule has 2 heterocycles. The van der Waals surface area contributed by atoms with Gasteiger partial charge in [0.05, 0.1) is 6.54 Å². The molecular formula is C10H10BrN3O2S2. The zero-order valence-electron chi connectivity index (χ0n) is 9.42. The molecule has 0 aliphatic carbocycles. The maximum absolute atomic E-state index is 12.0. The second-order valence-corrected chi connectivity index (χ2v) is 7.17. The van der Waals surface area contributed by atoms with E-state index in [-0.39, 0.29) is 11.4 Å². The summed E-state index contributed by atoms with van der Waals surface area (Å²) in [5.41, 5.74) is 0.887. The van der Waals surface area contributed by atoms with Crippen molar-refractivity contribution in [3.8, 4) is 0 Å². The molecule has 2 rings (SSSR count). The molecule has 96 valence electrons. The molecule has 0 saturated carbocycles. The first-order valence-corrected chi connectivity index (χ1v) is 8.14. The molecule has 0 aliphatic heterocycles. The molecule has 18 heavy (non-hydrogen) atoms. The lowest BCUT2D eigenvalue weighted by molar-refractivity contribution is 0.580. The van der Waals surface area contributed by atoms with Gasteiger partial charge >= 0.3 is 0 Å². The van der Waals surface area contributed by atoms with Crippen LogP contribution in [0.3, 0.4) is 0 Å². The van der Waals surface area contributed by atoms with Crippen LogP contribution < -0.4 is 4.72 Å². The first-order valence-electron chi connectivity index (χ1n) is 4.98. The van der Waals surface area contributed by atoms with Crippen LogP contribution in [0.15, 0.2) is 33.2 Å². The van der Waals surface area contributed by atoms with E-state index in [4.69, 9.17) is 0 Å². The maximum atomic E-state index is 12.0. The van der Waals surface area contributed by atoms with Crippen LogP contribution in [-0.2, 0) is 16.6 Å². The number of sulfonamides is 1. The van der Waals surface area contributed by atoms with Crippen molar-refractivity contribution in [3.05, 3.63) is 39.0 Å². The Hall–Kier alpha value is -0.830. The van der Waals surface area contributed by atoms with Crippen molar-refractivity contribution < 1.29 is 8.42 Å². The molecule has 0 radical (unpaired) electrons. The average Bonchev–Trinajstić information content (AvgIpc) is 2.73. The van der Waals surface area contributed by atoms with Crippen molar-refractivity contribution in [1.29, 1.82) is 0 Å². The van der Waals surface area contributed by atoms with Gasteiger partial charge in [0.1, 0.15) is 9.90 Å². The molecule has 0 amide bonds. The van der Waals surface area contributed by atoms with Gasteiger partial charge < -0.3 is 0 Å². The highest BCUT2D eigenvalue weighted by molar-refractivity contribution is 9.10. The number of thiazole rings is 1. The number of nitrogens with one attached hydrogen (secondary N) is 1. The topological polar surface area (TPSA) is 72.0 Å². The molecule has 0 spiro atoms. The molecular weight excluding hydrogens is 338 g/mol. The van der Waals surface area contributed by atoms with Crippen LogP contribution >= 0.6 is 27.3 Å². The highest BCUT2D eigenvalue weighted by atomic mass is 79.9. The maximum Gasteiger partial charge on any atom is 0.242 e. The Bertz CT molecular complexity index is 655. The van der Waals surface area contributed by atoms with Crippen LogP contribution in [0.25, 0.3) is 0 Å². The van der Waals surface area contributed by atoms with Crippen LogP contribution in [0.1, 0.15) is 10.7 Å². The Morgan fingerprint density at radius 3 is 2.83 bits per heavy atom. The molecule has 1 N–H and O–H groups in total. The number of aryl methyl sites for hydroxylation is 1. The van der Waals surface area contributed by atoms with E-state index in [0.29, 0.717) is 4.47 Å². The fourth-order valence-corrected chi connectivity index (χ4v) is 3.56. The van der Waals surface area contributed by atoms with Gasteiger partial charge in [-0.15, -0.1) is 11.3 Å². The summed E-state index contributed by atoms with van der Waals surface area (Å²) in [7, 11) is -3.55. The monoisotopic (exact) mass is 347 g/mol. The lowest BCUT2D eigenvalue weighted by atomic mass is 10.5. The molecule has 5 nitrogen and oxygen atoms in total. The summed E-state index contributed by atoms with van der Waals surface area (Å²) in [6, 6.07) is 1.50. The first kappa shape index (κ1) is 13.6. The van der Waals surface area contributed by atoms with Gasteiger partial charge in [0.2, 0.25) is 10.0 Å². The Morgan fingerprint density at radius 1 is 1.44 bits per heavy atom. The average molecular weight is 348 g/mol. The molecule has 0 fully saturated rings. The quantitative estimate of drug-likeness (QED) is 0.918. The van der Waals surface area contributed by atoms with Gasteiger partial charge in [0.15, 0.2) is 0 Å².